The van der Waals surface area contributed by atoms with E-state index in [2.05, 4.69) is 5.32 Å². The van der Waals surface area contributed by atoms with Gasteiger partial charge in [0, 0.05) is 5.56 Å². The van der Waals surface area contributed by atoms with Crippen LogP contribution in [0.1, 0.15) is 39.2 Å². The minimum atomic E-state index is -0.729. The molecule has 3 rings (SSSR count). The van der Waals surface area contributed by atoms with Gasteiger partial charge in [0.15, 0.2) is 0 Å². The molecule has 19 heavy (non-hydrogen) atoms. The summed E-state index contributed by atoms with van der Waals surface area (Å²) in [5, 5.41) is 13.4. The van der Waals surface area contributed by atoms with E-state index in [1.165, 1.54) is 0 Å². The minimum Gasteiger partial charge on any atom is -0.386 e. The third-order valence-corrected chi connectivity index (χ3v) is 3.62. The van der Waals surface area contributed by atoms with Crippen LogP contribution in [0.5, 0.6) is 0 Å². The second-order valence-corrected chi connectivity index (χ2v) is 4.84. The van der Waals surface area contributed by atoms with Gasteiger partial charge >= 0.3 is 0 Å². The average molecular weight is 253 g/mol. The van der Waals surface area contributed by atoms with E-state index < -0.39 is 6.10 Å². The number of aryl methyl sites for hydroxylation is 1. The molecule has 0 fully saturated rings. The Hall–Kier alpha value is -2.13. The van der Waals surface area contributed by atoms with Gasteiger partial charge in [-0.05, 0) is 29.7 Å². The van der Waals surface area contributed by atoms with Crippen molar-refractivity contribution in [2.45, 2.75) is 19.1 Å². The van der Waals surface area contributed by atoms with Gasteiger partial charge in [-0.1, -0.05) is 42.5 Å². The van der Waals surface area contributed by atoms with E-state index in [0.29, 0.717) is 5.56 Å². The first-order chi connectivity index (χ1) is 9.18. The first kappa shape index (κ1) is 11.9. The molecule has 0 saturated heterocycles. The molecular weight excluding hydrogens is 238 g/mol. The van der Waals surface area contributed by atoms with Gasteiger partial charge in [0.25, 0.3) is 5.91 Å². The molecule has 1 aliphatic rings. The van der Waals surface area contributed by atoms with Crippen molar-refractivity contribution in [2.24, 2.45) is 0 Å². The number of carbonyl (C=O) groups excluding carboxylic acids is 1. The van der Waals surface area contributed by atoms with Crippen LogP contribution in [-0.2, 0) is 0 Å². The highest BCUT2D eigenvalue weighted by Crippen LogP contribution is 2.36. The lowest BCUT2D eigenvalue weighted by atomic mass is 9.92. The van der Waals surface area contributed by atoms with Crippen molar-refractivity contribution in [3.05, 3.63) is 70.8 Å². The third-order valence-electron chi connectivity index (χ3n) is 3.62. The summed E-state index contributed by atoms with van der Waals surface area (Å²) in [5.41, 5.74) is 3.41. The quantitative estimate of drug-likeness (QED) is 0.864. The Morgan fingerprint density at radius 1 is 1.11 bits per heavy atom. The number of amides is 1. The molecule has 1 amide bonds. The van der Waals surface area contributed by atoms with Crippen molar-refractivity contribution in [1.29, 1.82) is 0 Å². The van der Waals surface area contributed by atoms with Gasteiger partial charge in [-0.25, -0.2) is 0 Å². The van der Waals surface area contributed by atoms with Crippen molar-refractivity contribution in [1.82, 2.24) is 5.32 Å². The summed E-state index contributed by atoms with van der Waals surface area (Å²) in [6.45, 7) is 1.96. The number of hydrogen-bond donors (Lipinski definition) is 2. The molecule has 2 aromatic carbocycles. The van der Waals surface area contributed by atoms with E-state index in [-0.39, 0.29) is 11.9 Å². The Kier molecular flexibility index (Phi) is 2.84. The summed E-state index contributed by atoms with van der Waals surface area (Å²) in [6, 6.07) is 14.7. The monoisotopic (exact) mass is 253 g/mol. The highest BCUT2D eigenvalue weighted by atomic mass is 16.3. The number of aliphatic hydroxyl groups is 1. The molecule has 0 spiro atoms. The molecule has 1 aliphatic heterocycles. The molecule has 0 aliphatic carbocycles. The van der Waals surface area contributed by atoms with Crippen molar-refractivity contribution in [2.75, 3.05) is 0 Å². The molecule has 96 valence electrons. The molecule has 0 bridgehead atoms. The second kappa shape index (κ2) is 4.52. The van der Waals surface area contributed by atoms with Crippen molar-refractivity contribution in [3.8, 4) is 0 Å². The van der Waals surface area contributed by atoms with Crippen LogP contribution in [0.3, 0.4) is 0 Å². The molecular formula is C16H15NO2. The second-order valence-electron chi connectivity index (χ2n) is 4.84. The van der Waals surface area contributed by atoms with E-state index in [1.54, 1.807) is 6.07 Å². The van der Waals surface area contributed by atoms with Gasteiger partial charge in [-0.15, -0.1) is 0 Å². The molecule has 2 aromatic rings. The fourth-order valence-corrected chi connectivity index (χ4v) is 2.66. The van der Waals surface area contributed by atoms with Crippen LogP contribution in [0.25, 0.3) is 0 Å². The van der Waals surface area contributed by atoms with E-state index in [9.17, 15) is 9.90 Å². The minimum absolute atomic E-state index is 0.112. The molecule has 1 heterocycles. The van der Waals surface area contributed by atoms with Gasteiger partial charge in [-0.2, -0.15) is 0 Å². The smallest absolute Gasteiger partial charge is 0.252 e. The number of benzene rings is 2. The van der Waals surface area contributed by atoms with Crippen LogP contribution in [0.15, 0.2) is 48.5 Å². The fourth-order valence-electron chi connectivity index (χ4n) is 2.66. The predicted molar refractivity (Wildman–Crippen MR) is 72.8 cm³/mol. The topological polar surface area (TPSA) is 49.3 Å². The third kappa shape index (κ3) is 1.92. The van der Waals surface area contributed by atoms with Crippen LogP contribution < -0.4 is 5.32 Å². The Balaban J connectivity index is 2.04. The summed E-state index contributed by atoms with van der Waals surface area (Å²) in [6.07, 6.45) is -0.729. The lowest BCUT2D eigenvalue weighted by Crippen LogP contribution is -2.24. The van der Waals surface area contributed by atoms with Crippen LogP contribution in [0, 0.1) is 6.92 Å². The van der Waals surface area contributed by atoms with Gasteiger partial charge in [0.1, 0.15) is 6.10 Å². The Labute approximate surface area is 111 Å². The lowest BCUT2D eigenvalue weighted by molar-refractivity contribution is 0.0880. The summed E-state index contributed by atoms with van der Waals surface area (Å²) in [4.78, 5) is 11.9. The molecule has 2 unspecified atom stereocenters. The number of fused-ring (bicyclic) bond motifs is 1. The Morgan fingerprint density at radius 2 is 1.84 bits per heavy atom. The van der Waals surface area contributed by atoms with Crippen LogP contribution >= 0.6 is 0 Å². The maximum absolute atomic E-state index is 11.9. The normalized spacial score (nSPS) is 18.8. The van der Waals surface area contributed by atoms with Gasteiger partial charge in [0.05, 0.1) is 6.04 Å². The lowest BCUT2D eigenvalue weighted by Gasteiger charge is -2.20. The zero-order chi connectivity index (χ0) is 13.4. The van der Waals surface area contributed by atoms with Crippen LogP contribution in [0.4, 0.5) is 0 Å². The van der Waals surface area contributed by atoms with Crippen LogP contribution in [-0.4, -0.2) is 11.0 Å². The molecule has 2 atom stereocenters. The zero-order valence-corrected chi connectivity index (χ0v) is 10.6. The number of rotatable bonds is 2. The van der Waals surface area contributed by atoms with Gasteiger partial charge in [-0.3, -0.25) is 4.79 Å². The number of aliphatic hydroxyl groups excluding tert-OH is 1. The maximum Gasteiger partial charge on any atom is 0.252 e. The summed E-state index contributed by atoms with van der Waals surface area (Å²) < 4.78 is 0. The van der Waals surface area contributed by atoms with Crippen LogP contribution in [0.2, 0.25) is 0 Å². The molecule has 0 aromatic heterocycles. The molecule has 2 N–H and O–H groups in total. The standard InChI is InChI=1S/C16H15NO2/c1-10-6-5-9-12-13(10)14(17-16(12)19)15(18)11-7-3-2-4-8-11/h2-9,14-15,18H,1H3,(H,17,19). The zero-order valence-electron chi connectivity index (χ0n) is 10.6. The van der Waals surface area contributed by atoms with Crippen molar-refractivity contribution in [3.63, 3.8) is 0 Å². The predicted octanol–water partition coefficient (Wildman–Crippen LogP) is 2.51. The molecule has 0 radical (unpaired) electrons. The first-order valence-electron chi connectivity index (χ1n) is 6.32. The Morgan fingerprint density at radius 3 is 2.58 bits per heavy atom. The van der Waals surface area contributed by atoms with Gasteiger partial charge < -0.3 is 10.4 Å². The summed E-state index contributed by atoms with van der Waals surface area (Å²) >= 11 is 0. The first-order valence-corrected chi connectivity index (χ1v) is 6.32. The Bertz CT molecular complexity index is 622. The summed E-state index contributed by atoms with van der Waals surface area (Å²) in [5.74, 6) is -0.112. The van der Waals surface area contributed by atoms with E-state index >= 15 is 0 Å². The average Bonchev–Trinajstić information content (AvgIpc) is 2.78. The van der Waals surface area contributed by atoms with E-state index in [0.717, 1.165) is 16.7 Å². The van der Waals surface area contributed by atoms with Gasteiger partial charge in [0.2, 0.25) is 0 Å². The number of nitrogens with one attached hydrogen (secondary N) is 1. The molecule has 3 heteroatoms. The van der Waals surface area contributed by atoms with Crippen molar-refractivity contribution >= 4 is 5.91 Å². The molecule has 0 saturated carbocycles. The highest BCUT2D eigenvalue weighted by Gasteiger charge is 2.35. The van der Waals surface area contributed by atoms with E-state index in [1.807, 2.05) is 49.4 Å². The SMILES string of the molecule is Cc1cccc2c1C(C(O)c1ccccc1)NC2=O. The largest absolute Gasteiger partial charge is 0.386 e. The maximum atomic E-state index is 11.9. The van der Waals surface area contributed by atoms with Crippen molar-refractivity contribution < 1.29 is 9.90 Å². The van der Waals surface area contributed by atoms with E-state index in [4.69, 9.17) is 0 Å². The molecule has 3 nitrogen and oxygen atoms in total. The number of hydrogen-bond acceptors (Lipinski definition) is 2. The fraction of sp³-hybridized carbons (Fsp3) is 0.188. The summed E-state index contributed by atoms with van der Waals surface area (Å²) in [7, 11) is 0. The highest BCUT2D eigenvalue weighted by molar-refractivity contribution is 5.99. The number of carbonyl (C=O) groups is 1.